The molecule has 0 atom stereocenters. The van der Waals surface area contributed by atoms with Crippen LogP contribution in [0.2, 0.25) is 5.02 Å². The Hall–Kier alpha value is -4.10. The Labute approximate surface area is 208 Å². The van der Waals surface area contributed by atoms with Crippen LogP contribution in [0, 0.1) is 0 Å². The third-order valence-electron chi connectivity index (χ3n) is 5.34. The number of nitrogens with zero attached hydrogens (tertiary/aromatic N) is 2. The summed E-state index contributed by atoms with van der Waals surface area (Å²) in [6.45, 7) is 0.342. The lowest BCUT2D eigenvalue weighted by Crippen LogP contribution is -2.25. The molecule has 0 aliphatic rings. The van der Waals surface area contributed by atoms with Crippen LogP contribution in [0.15, 0.2) is 85.1 Å². The van der Waals surface area contributed by atoms with Gasteiger partial charge in [0, 0.05) is 35.4 Å². The number of nitrogens with one attached hydrogen (secondary N) is 2. The van der Waals surface area contributed by atoms with Gasteiger partial charge in [-0.2, -0.15) is 5.10 Å². The summed E-state index contributed by atoms with van der Waals surface area (Å²) >= 11 is 5.87. The second-order valence-corrected chi connectivity index (χ2v) is 8.22. The molecule has 0 saturated carbocycles. The highest BCUT2D eigenvalue weighted by atomic mass is 35.5. The zero-order valence-electron chi connectivity index (χ0n) is 19.2. The van der Waals surface area contributed by atoms with Crippen molar-refractivity contribution in [3.8, 4) is 22.7 Å². The summed E-state index contributed by atoms with van der Waals surface area (Å²) in [7, 11) is 1.59. The number of hydrogen-bond donors (Lipinski definition) is 2. The Morgan fingerprint density at radius 1 is 0.971 bits per heavy atom. The maximum absolute atomic E-state index is 13.1. The van der Waals surface area contributed by atoms with E-state index in [9.17, 15) is 9.59 Å². The van der Waals surface area contributed by atoms with Crippen LogP contribution in [0.3, 0.4) is 0 Å². The number of ether oxygens (including phenoxy) is 1. The van der Waals surface area contributed by atoms with Gasteiger partial charge < -0.3 is 15.4 Å². The summed E-state index contributed by atoms with van der Waals surface area (Å²) in [5, 5.41) is 11.0. The van der Waals surface area contributed by atoms with Crippen molar-refractivity contribution in [2.24, 2.45) is 0 Å². The molecule has 0 aliphatic carbocycles. The molecule has 0 radical (unpaired) electrons. The standard InChI is InChI=1S/C27H25ClN4O3/c1-35-24-11-6-5-10-22(24)26-23(18-32(31-26)21-8-3-2-4-9-21)27(34)29-17-7-12-25(33)30-20-15-13-19(28)14-16-20/h2-6,8-11,13-16,18H,7,12,17H2,1H3,(H,29,34)(H,30,33). The van der Waals surface area contributed by atoms with E-state index in [1.54, 1.807) is 42.3 Å². The van der Waals surface area contributed by atoms with Crippen molar-refractivity contribution in [2.45, 2.75) is 12.8 Å². The first-order valence-corrected chi connectivity index (χ1v) is 11.5. The van der Waals surface area contributed by atoms with Gasteiger partial charge in [-0.25, -0.2) is 4.68 Å². The minimum atomic E-state index is -0.272. The average Bonchev–Trinajstić information content (AvgIpc) is 3.34. The number of aromatic nitrogens is 2. The number of methoxy groups -OCH3 is 1. The second kappa shape index (κ2) is 11.4. The van der Waals surface area contributed by atoms with Crippen LogP contribution in [0.5, 0.6) is 5.75 Å². The summed E-state index contributed by atoms with van der Waals surface area (Å²) in [5.41, 5.74) is 3.17. The van der Waals surface area contributed by atoms with Crippen molar-refractivity contribution in [1.29, 1.82) is 0 Å². The smallest absolute Gasteiger partial charge is 0.255 e. The van der Waals surface area contributed by atoms with Gasteiger partial charge in [-0.15, -0.1) is 0 Å². The lowest BCUT2D eigenvalue weighted by molar-refractivity contribution is -0.116. The lowest BCUT2D eigenvalue weighted by atomic mass is 10.1. The van der Waals surface area contributed by atoms with Gasteiger partial charge in [0.05, 0.1) is 18.4 Å². The van der Waals surface area contributed by atoms with E-state index >= 15 is 0 Å². The molecule has 0 fully saturated rings. The number of hydrogen-bond acceptors (Lipinski definition) is 4. The van der Waals surface area contributed by atoms with E-state index in [0.29, 0.717) is 40.7 Å². The number of benzene rings is 3. The molecule has 2 amide bonds. The first-order valence-electron chi connectivity index (χ1n) is 11.2. The Balaban J connectivity index is 1.45. The van der Waals surface area contributed by atoms with Gasteiger partial charge in [-0.05, 0) is 55.0 Å². The van der Waals surface area contributed by atoms with Crippen LogP contribution in [-0.2, 0) is 4.79 Å². The van der Waals surface area contributed by atoms with Crippen molar-refractivity contribution >= 4 is 29.1 Å². The van der Waals surface area contributed by atoms with Gasteiger partial charge in [0.15, 0.2) is 0 Å². The molecule has 4 rings (SSSR count). The molecular formula is C27H25ClN4O3. The van der Waals surface area contributed by atoms with Crippen LogP contribution in [0.4, 0.5) is 5.69 Å². The fourth-order valence-electron chi connectivity index (χ4n) is 3.60. The molecule has 35 heavy (non-hydrogen) atoms. The number of rotatable bonds is 9. The summed E-state index contributed by atoms with van der Waals surface area (Å²) in [4.78, 5) is 25.3. The zero-order valence-corrected chi connectivity index (χ0v) is 20.0. The van der Waals surface area contributed by atoms with Crippen LogP contribution >= 0.6 is 11.6 Å². The van der Waals surface area contributed by atoms with E-state index in [1.165, 1.54) is 0 Å². The molecule has 4 aromatic rings. The van der Waals surface area contributed by atoms with Gasteiger partial charge >= 0.3 is 0 Å². The van der Waals surface area contributed by atoms with Crippen LogP contribution in [-0.4, -0.2) is 35.2 Å². The summed E-state index contributed by atoms with van der Waals surface area (Å²) in [6.07, 6.45) is 2.47. The third kappa shape index (κ3) is 6.07. The normalized spacial score (nSPS) is 10.6. The minimum Gasteiger partial charge on any atom is -0.496 e. The molecule has 0 saturated heterocycles. The molecular weight excluding hydrogens is 464 g/mol. The topological polar surface area (TPSA) is 85.2 Å². The Morgan fingerprint density at radius 2 is 1.69 bits per heavy atom. The van der Waals surface area contributed by atoms with Crippen LogP contribution < -0.4 is 15.4 Å². The number of para-hydroxylation sites is 2. The zero-order chi connectivity index (χ0) is 24.6. The monoisotopic (exact) mass is 488 g/mol. The van der Waals surface area contributed by atoms with Gasteiger partial charge in [-0.1, -0.05) is 41.9 Å². The molecule has 0 unspecified atom stereocenters. The highest BCUT2D eigenvalue weighted by molar-refractivity contribution is 6.30. The maximum atomic E-state index is 13.1. The van der Waals surface area contributed by atoms with E-state index in [2.05, 4.69) is 10.6 Å². The number of anilines is 1. The molecule has 8 heteroatoms. The SMILES string of the molecule is COc1ccccc1-c1nn(-c2ccccc2)cc1C(=O)NCCCC(=O)Nc1ccc(Cl)cc1. The summed E-state index contributed by atoms with van der Waals surface area (Å²) in [5.74, 6) is 0.220. The molecule has 0 bridgehead atoms. The van der Waals surface area contributed by atoms with Crippen molar-refractivity contribution in [3.63, 3.8) is 0 Å². The minimum absolute atomic E-state index is 0.131. The first-order chi connectivity index (χ1) is 17.0. The highest BCUT2D eigenvalue weighted by Gasteiger charge is 2.21. The molecule has 1 aromatic heterocycles. The predicted molar refractivity (Wildman–Crippen MR) is 137 cm³/mol. The number of carbonyl (C=O) groups excluding carboxylic acids is 2. The number of halogens is 1. The van der Waals surface area contributed by atoms with Crippen LogP contribution in [0.1, 0.15) is 23.2 Å². The Morgan fingerprint density at radius 3 is 2.43 bits per heavy atom. The number of carbonyl (C=O) groups is 2. The largest absolute Gasteiger partial charge is 0.496 e. The molecule has 7 nitrogen and oxygen atoms in total. The predicted octanol–water partition coefficient (Wildman–Crippen LogP) is 5.35. The highest BCUT2D eigenvalue weighted by Crippen LogP contribution is 2.31. The van der Waals surface area contributed by atoms with Gasteiger partial charge in [0.1, 0.15) is 11.4 Å². The second-order valence-electron chi connectivity index (χ2n) is 7.79. The summed E-state index contributed by atoms with van der Waals surface area (Å²) in [6, 6.07) is 23.9. The van der Waals surface area contributed by atoms with Gasteiger partial charge in [0.2, 0.25) is 5.91 Å². The van der Waals surface area contributed by atoms with Gasteiger partial charge in [0.25, 0.3) is 5.91 Å². The molecule has 0 aliphatic heterocycles. The Bertz CT molecular complexity index is 1300. The molecule has 2 N–H and O–H groups in total. The quantitative estimate of drug-likeness (QED) is 0.311. The maximum Gasteiger partial charge on any atom is 0.255 e. The van der Waals surface area contributed by atoms with E-state index < -0.39 is 0 Å². The fraction of sp³-hybridized carbons (Fsp3) is 0.148. The van der Waals surface area contributed by atoms with E-state index in [1.807, 2.05) is 54.6 Å². The van der Waals surface area contributed by atoms with Crippen LogP contribution in [0.25, 0.3) is 16.9 Å². The van der Waals surface area contributed by atoms with E-state index in [4.69, 9.17) is 21.4 Å². The molecule has 178 valence electrons. The average molecular weight is 489 g/mol. The lowest BCUT2D eigenvalue weighted by Gasteiger charge is -2.09. The summed E-state index contributed by atoms with van der Waals surface area (Å²) < 4.78 is 7.17. The molecule has 0 spiro atoms. The first kappa shape index (κ1) is 24.0. The molecule has 3 aromatic carbocycles. The van der Waals surface area contributed by atoms with Crippen molar-refractivity contribution in [2.75, 3.05) is 19.0 Å². The fourth-order valence-corrected chi connectivity index (χ4v) is 3.72. The van der Waals surface area contributed by atoms with Crippen molar-refractivity contribution in [1.82, 2.24) is 15.1 Å². The van der Waals surface area contributed by atoms with Gasteiger partial charge in [-0.3, -0.25) is 9.59 Å². The molecule has 1 heterocycles. The third-order valence-corrected chi connectivity index (χ3v) is 5.59. The van der Waals surface area contributed by atoms with E-state index in [-0.39, 0.29) is 18.2 Å². The van der Waals surface area contributed by atoms with E-state index in [0.717, 1.165) is 11.3 Å². The number of amides is 2. The van der Waals surface area contributed by atoms with Crippen molar-refractivity contribution < 1.29 is 14.3 Å². The Kier molecular flexibility index (Phi) is 7.80. The van der Waals surface area contributed by atoms with Crippen molar-refractivity contribution in [3.05, 3.63) is 95.6 Å².